The molecule has 39 heavy (non-hydrogen) atoms. The summed E-state index contributed by atoms with van der Waals surface area (Å²) in [6, 6.07) is 9.88. The molecule has 2 rings (SSSR count). The number of hydrogen-bond acceptors (Lipinski definition) is 13. The number of esters is 4. The normalized spacial score (nSPS) is 13.1. The van der Waals surface area contributed by atoms with E-state index < -0.39 is 60.3 Å². The van der Waals surface area contributed by atoms with Gasteiger partial charge < -0.3 is 18.9 Å². The Hall–Kier alpha value is -4.88. The van der Waals surface area contributed by atoms with E-state index >= 15 is 0 Å². The molecule has 0 saturated heterocycles. The SMILES string of the molecule is CC(=O)OC[C@@H](OC(C)=O)[C@@H](OC(C)=O)[C@@H](/C=N/Nc1nc(-c2ccccc2)cc(=O)n1C(C)=O)OC(C)=O. The van der Waals surface area contributed by atoms with Crippen LogP contribution in [0.4, 0.5) is 5.95 Å². The Bertz CT molecular complexity index is 1310. The molecule has 0 fully saturated rings. The van der Waals surface area contributed by atoms with Crippen LogP contribution in [0.1, 0.15) is 39.4 Å². The average molecular weight is 545 g/mol. The minimum Gasteiger partial charge on any atom is -0.462 e. The van der Waals surface area contributed by atoms with Crippen molar-refractivity contribution in [2.45, 2.75) is 52.9 Å². The van der Waals surface area contributed by atoms with Gasteiger partial charge in [-0.25, -0.2) is 15.0 Å². The topological polar surface area (TPSA) is 182 Å². The van der Waals surface area contributed by atoms with E-state index in [-0.39, 0.29) is 11.6 Å². The maximum absolute atomic E-state index is 12.7. The number of nitrogens with one attached hydrogen (secondary N) is 1. The van der Waals surface area contributed by atoms with Crippen molar-refractivity contribution >= 4 is 41.9 Å². The number of benzene rings is 1. The van der Waals surface area contributed by atoms with Gasteiger partial charge in [-0.1, -0.05) is 30.3 Å². The van der Waals surface area contributed by atoms with E-state index in [1.165, 1.54) is 6.07 Å². The van der Waals surface area contributed by atoms with Gasteiger partial charge in [0.1, 0.15) is 6.61 Å². The molecule has 1 aromatic carbocycles. The molecule has 1 heterocycles. The summed E-state index contributed by atoms with van der Waals surface area (Å²) in [5.41, 5.74) is 2.63. The zero-order chi connectivity index (χ0) is 29.1. The molecule has 0 aliphatic rings. The fourth-order valence-electron chi connectivity index (χ4n) is 3.32. The molecule has 0 amide bonds. The van der Waals surface area contributed by atoms with Gasteiger partial charge in [-0.2, -0.15) is 5.10 Å². The number of anilines is 1. The van der Waals surface area contributed by atoms with Crippen molar-refractivity contribution in [3.63, 3.8) is 0 Å². The smallest absolute Gasteiger partial charge is 0.303 e. The molecule has 1 N–H and O–H groups in total. The van der Waals surface area contributed by atoms with Crippen molar-refractivity contribution in [3.05, 3.63) is 46.8 Å². The van der Waals surface area contributed by atoms with Crippen LogP contribution in [0.15, 0.2) is 46.3 Å². The molecule has 0 bridgehead atoms. The van der Waals surface area contributed by atoms with Gasteiger partial charge in [-0.15, -0.1) is 0 Å². The van der Waals surface area contributed by atoms with Crippen LogP contribution in [0.2, 0.25) is 0 Å². The van der Waals surface area contributed by atoms with Crippen LogP contribution in [-0.4, -0.2) is 70.5 Å². The number of hydrogen-bond donors (Lipinski definition) is 1. The molecule has 0 aliphatic heterocycles. The van der Waals surface area contributed by atoms with Crippen molar-refractivity contribution in [3.8, 4) is 11.3 Å². The number of ether oxygens (including phenoxy) is 4. The van der Waals surface area contributed by atoms with Gasteiger partial charge in [0.25, 0.3) is 5.56 Å². The number of aromatic nitrogens is 2. The minimum absolute atomic E-state index is 0.251. The van der Waals surface area contributed by atoms with E-state index in [0.29, 0.717) is 5.56 Å². The van der Waals surface area contributed by atoms with Crippen LogP contribution in [-0.2, 0) is 38.1 Å². The van der Waals surface area contributed by atoms with E-state index in [2.05, 4.69) is 15.5 Å². The number of nitrogens with zero attached hydrogens (tertiary/aromatic N) is 3. The standard InChI is InChI=1S/C25H28N4O10/c1-14(30)29-23(35)11-20(19-9-7-6-8-10-19)27-25(29)28-26-12-21(37-16(3)32)24(39-18(5)34)22(38-17(4)33)13-36-15(2)31/h6-12,21-22,24H,13H2,1-5H3,(H,27,28)/b26-12+/t21-,22-,24+/m1/s1. The predicted octanol–water partition coefficient (Wildman–Crippen LogP) is 1.33. The van der Waals surface area contributed by atoms with Crippen LogP contribution >= 0.6 is 0 Å². The summed E-state index contributed by atoms with van der Waals surface area (Å²) in [5.74, 6) is -4.07. The summed E-state index contributed by atoms with van der Waals surface area (Å²) in [6.07, 6.45) is -3.39. The average Bonchev–Trinajstić information content (AvgIpc) is 2.84. The molecule has 0 aliphatic carbocycles. The van der Waals surface area contributed by atoms with Crippen LogP contribution in [0.25, 0.3) is 11.3 Å². The maximum Gasteiger partial charge on any atom is 0.303 e. The van der Waals surface area contributed by atoms with E-state index in [1.54, 1.807) is 30.3 Å². The molecule has 14 nitrogen and oxygen atoms in total. The van der Waals surface area contributed by atoms with E-state index in [0.717, 1.165) is 45.4 Å². The van der Waals surface area contributed by atoms with Crippen molar-refractivity contribution in [1.82, 2.24) is 9.55 Å². The third-order valence-electron chi connectivity index (χ3n) is 4.75. The Balaban J connectivity index is 2.49. The van der Waals surface area contributed by atoms with Crippen molar-refractivity contribution in [2.75, 3.05) is 12.0 Å². The second-order valence-electron chi connectivity index (χ2n) is 8.01. The van der Waals surface area contributed by atoms with Crippen LogP contribution in [0, 0.1) is 0 Å². The zero-order valence-corrected chi connectivity index (χ0v) is 21.9. The number of rotatable bonds is 11. The summed E-state index contributed by atoms with van der Waals surface area (Å²) in [5, 5.41) is 3.93. The molecule has 1 aromatic heterocycles. The van der Waals surface area contributed by atoms with Gasteiger partial charge in [0.05, 0.1) is 11.9 Å². The molecule has 0 spiro atoms. The minimum atomic E-state index is -1.50. The Morgan fingerprint density at radius 2 is 1.54 bits per heavy atom. The van der Waals surface area contributed by atoms with Gasteiger partial charge in [-0.3, -0.25) is 28.8 Å². The fraction of sp³-hybridized carbons (Fsp3) is 0.360. The van der Waals surface area contributed by atoms with Crippen molar-refractivity contribution in [1.29, 1.82) is 0 Å². The van der Waals surface area contributed by atoms with E-state index in [1.807, 2.05) is 0 Å². The number of carbonyl (C=O) groups is 5. The highest BCUT2D eigenvalue weighted by atomic mass is 16.6. The largest absolute Gasteiger partial charge is 0.462 e. The van der Waals surface area contributed by atoms with Gasteiger partial charge >= 0.3 is 23.9 Å². The Labute approximate surface area is 222 Å². The molecule has 0 unspecified atom stereocenters. The van der Waals surface area contributed by atoms with Gasteiger partial charge in [0.2, 0.25) is 11.9 Å². The molecular formula is C25H28N4O10. The maximum atomic E-state index is 12.7. The molecule has 208 valence electrons. The molecule has 3 atom stereocenters. The molecule has 0 radical (unpaired) electrons. The Morgan fingerprint density at radius 3 is 2.08 bits per heavy atom. The predicted molar refractivity (Wildman–Crippen MR) is 136 cm³/mol. The highest BCUT2D eigenvalue weighted by Crippen LogP contribution is 2.17. The third-order valence-corrected chi connectivity index (χ3v) is 4.75. The monoisotopic (exact) mass is 544 g/mol. The first kappa shape index (κ1) is 30.3. The van der Waals surface area contributed by atoms with Crippen LogP contribution < -0.4 is 11.0 Å². The van der Waals surface area contributed by atoms with Crippen molar-refractivity contribution < 1.29 is 42.9 Å². The summed E-state index contributed by atoms with van der Waals surface area (Å²) < 4.78 is 21.3. The Morgan fingerprint density at radius 1 is 0.923 bits per heavy atom. The summed E-state index contributed by atoms with van der Waals surface area (Å²) in [4.78, 5) is 75.8. The second kappa shape index (κ2) is 14.2. The molecule has 14 heteroatoms. The van der Waals surface area contributed by atoms with Gasteiger partial charge in [0, 0.05) is 46.2 Å². The van der Waals surface area contributed by atoms with E-state index in [4.69, 9.17) is 18.9 Å². The van der Waals surface area contributed by atoms with Crippen LogP contribution in [0.5, 0.6) is 0 Å². The lowest BCUT2D eigenvalue weighted by Gasteiger charge is -2.29. The highest BCUT2D eigenvalue weighted by molar-refractivity contribution is 5.80. The molecule has 0 saturated carbocycles. The highest BCUT2D eigenvalue weighted by Gasteiger charge is 2.37. The van der Waals surface area contributed by atoms with Crippen molar-refractivity contribution in [2.24, 2.45) is 5.10 Å². The zero-order valence-electron chi connectivity index (χ0n) is 21.9. The lowest BCUT2D eigenvalue weighted by Crippen LogP contribution is -2.48. The van der Waals surface area contributed by atoms with Crippen LogP contribution in [0.3, 0.4) is 0 Å². The first-order valence-corrected chi connectivity index (χ1v) is 11.5. The number of carbonyl (C=O) groups excluding carboxylic acids is 5. The fourth-order valence-corrected chi connectivity index (χ4v) is 3.32. The number of hydrazone groups is 1. The molecule has 2 aromatic rings. The summed E-state index contributed by atoms with van der Waals surface area (Å²) >= 11 is 0. The van der Waals surface area contributed by atoms with E-state index in [9.17, 15) is 28.8 Å². The summed E-state index contributed by atoms with van der Waals surface area (Å²) in [7, 11) is 0. The first-order chi connectivity index (χ1) is 18.4. The van der Waals surface area contributed by atoms with Gasteiger partial charge in [0.15, 0.2) is 18.3 Å². The first-order valence-electron chi connectivity index (χ1n) is 11.5. The molecular weight excluding hydrogens is 516 g/mol. The third kappa shape index (κ3) is 9.50. The lowest BCUT2D eigenvalue weighted by atomic mass is 10.1. The second-order valence-corrected chi connectivity index (χ2v) is 8.01. The van der Waals surface area contributed by atoms with Gasteiger partial charge in [-0.05, 0) is 0 Å². The quantitative estimate of drug-likeness (QED) is 0.186. The Kier molecular flexibility index (Phi) is 11.0. The summed E-state index contributed by atoms with van der Waals surface area (Å²) in [6.45, 7) is 4.95. The lowest BCUT2D eigenvalue weighted by molar-refractivity contribution is -0.183.